The molecule has 1 aromatic carbocycles. The molecule has 1 nitrogen and oxygen atoms in total. The Kier molecular flexibility index (Phi) is 9.97. The van der Waals surface area contributed by atoms with Gasteiger partial charge in [0.1, 0.15) is 0 Å². The van der Waals surface area contributed by atoms with Crippen LogP contribution in [0.4, 0.5) is 5.69 Å². The maximum absolute atomic E-state index is 3.95. The van der Waals surface area contributed by atoms with E-state index in [4.69, 9.17) is 0 Å². The first-order chi connectivity index (χ1) is 9.27. The maximum atomic E-state index is 3.95. The molecule has 1 heterocycles. The molecule has 1 heteroatoms. The topological polar surface area (TPSA) is 3.24 Å². The third kappa shape index (κ3) is 5.96. The number of rotatable bonds is 2. The van der Waals surface area contributed by atoms with Crippen molar-refractivity contribution in [3.8, 4) is 0 Å². The van der Waals surface area contributed by atoms with Gasteiger partial charge >= 0.3 is 0 Å². The Hall–Kier alpha value is -1.24. The Balaban J connectivity index is 0.000000741. The van der Waals surface area contributed by atoms with Crippen LogP contribution in [0.25, 0.3) is 5.57 Å². The van der Waals surface area contributed by atoms with Crippen LogP contribution in [0, 0.1) is 0 Å². The van der Waals surface area contributed by atoms with Gasteiger partial charge in [-0.3, -0.25) is 0 Å². The number of nitrogens with zero attached hydrogens (tertiary/aromatic N) is 1. The second-order valence-electron chi connectivity index (χ2n) is 4.37. The summed E-state index contributed by atoms with van der Waals surface area (Å²) >= 11 is 0. The second kappa shape index (κ2) is 10.7. The summed E-state index contributed by atoms with van der Waals surface area (Å²) in [5.41, 5.74) is 3.75. The van der Waals surface area contributed by atoms with E-state index >= 15 is 0 Å². The fraction of sp³-hybridized carbons (Fsp3) is 0.556. The highest BCUT2D eigenvalue weighted by Crippen LogP contribution is 2.21. The van der Waals surface area contributed by atoms with Crippen molar-refractivity contribution in [3.63, 3.8) is 0 Å². The van der Waals surface area contributed by atoms with Gasteiger partial charge in [-0.05, 0) is 43.9 Å². The molecule has 0 aromatic heterocycles. The molecule has 19 heavy (non-hydrogen) atoms. The van der Waals surface area contributed by atoms with E-state index in [1.165, 1.54) is 43.6 Å². The molecule has 1 aliphatic rings. The van der Waals surface area contributed by atoms with Crippen LogP contribution >= 0.6 is 0 Å². The third-order valence-electron chi connectivity index (χ3n) is 3.08. The lowest BCUT2D eigenvalue weighted by Crippen LogP contribution is -2.29. The molecule has 0 aliphatic carbocycles. The Morgan fingerprint density at radius 2 is 1.37 bits per heavy atom. The average Bonchev–Trinajstić information content (AvgIpc) is 2.52. The summed E-state index contributed by atoms with van der Waals surface area (Å²) in [5, 5.41) is 0. The van der Waals surface area contributed by atoms with Gasteiger partial charge in [-0.25, -0.2) is 0 Å². The fourth-order valence-electron chi connectivity index (χ4n) is 2.11. The van der Waals surface area contributed by atoms with Crippen LogP contribution in [-0.4, -0.2) is 13.1 Å². The molecule has 0 bridgehead atoms. The number of hydrogen-bond donors (Lipinski definition) is 0. The van der Waals surface area contributed by atoms with Gasteiger partial charge in [0.25, 0.3) is 0 Å². The van der Waals surface area contributed by atoms with Gasteiger partial charge in [-0.2, -0.15) is 0 Å². The monoisotopic (exact) mass is 261 g/mol. The fourth-order valence-corrected chi connectivity index (χ4v) is 2.11. The van der Waals surface area contributed by atoms with Crippen molar-refractivity contribution < 1.29 is 0 Å². The molecular weight excluding hydrogens is 230 g/mol. The molecule has 0 atom stereocenters. The Labute approximate surface area is 120 Å². The first kappa shape index (κ1) is 17.8. The van der Waals surface area contributed by atoms with Crippen LogP contribution in [-0.2, 0) is 0 Å². The van der Waals surface area contributed by atoms with E-state index in [0.29, 0.717) is 0 Å². The number of allylic oxidation sites excluding steroid dienone is 1. The molecule has 108 valence electrons. The van der Waals surface area contributed by atoms with Crippen molar-refractivity contribution >= 4 is 11.3 Å². The normalized spacial score (nSPS) is 13.6. The number of anilines is 1. The first-order valence-electron chi connectivity index (χ1n) is 7.78. The van der Waals surface area contributed by atoms with Gasteiger partial charge in [0.05, 0.1) is 0 Å². The predicted octanol–water partition coefficient (Wildman–Crippen LogP) is 5.76. The summed E-state index contributed by atoms with van der Waals surface area (Å²) in [7, 11) is 0. The van der Waals surface area contributed by atoms with Crippen LogP contribution in [0.15, 0.2) is 30.8 Å². The zero-order chi connectivity index (χ0) is 14.7. The molecule has 0 radical (unpaired) electrons. The minimum Gasteiger partial charge on any atom is -0.372 e. The van der Waals surface area contributed by atoms with Crippen LogP contribution in [0.2, 0.25) is 0 Å². The van der Waals surface area contributed by atoms with Crippen molar-refractivity contribution in [1.82, 2.24) is 0 Å². The van der Waals surface area contributed by atoms with E-state index in [0.717, 1.165) is 5.57 Å². The Morgan fingerprint density at radius 1 is 0.895 bits per heavy atom. The summed E-state index contributed by atoms with van der Waals surface area (Å²) < 4.78 is 0. The summed E-state index contributed by atoms with van der Waals surface area (Å²) in [5.74, 6) is 0. The number of benzene rings is 1. The highest BCUT2D eigenvalue weighted by atomic mass is 15.1. The summed E-state index contributed by atoms with van der Waals surface area (Å²) in [4.78, 5) is 2.48. The number of hydrogen-bond acceptors (Lipinski definition) is 1. The molecule has 1 saturated heterocycles. The van der Waals surface area contributed by atoms with Crippen LogP contribution < -0.4 is 4.90 Å². The molecule has 1 aliphatic heterocycles. The maximum Gasteiger partial charge on any atom is 0.0366 e. The van der Waals surface area contributed by atoms with Gasteiger partial charge in [-0.1, -0.05) is 52.0 Å². The SMILES string of the molecule is C=C(C)c1ccc(N2CCCCC2)cc1.CC.CC. The van der Waals surface area contributed by atoms with Crippen molar-refractivity contribution in [2.45, 2.75) is 53.9 Å². The minimum absolute atomic E-state index is 1.14. The van der Waals surface area contributed by atoms with Gasteiger partial charge in [0.15, 0.2) is 0 Å². The lowest BCUT2D eigenvalue weighted by atomic mass is 10.1. The van der Waals surface area contributed by atoms with E-state index in [1.54, 1.807) is 0 Å². The van der Waals surface area contributed by atoms with E-state index in [2.05, 4.69) is 42.7 Å². The largest absolute Gasteiger partial charge is 0.372 e. The van der Waals surface area contributed by atoms with Crippen LogP contribution in [0.3, 0.4) is 0 Å². The van der Waals surface area contributed by atoms with Crippen molar-refractivity contribution in [3.05, 3.63) is 36.4 Å². The highest BCUT2D eigenvalue weighted by Gasteiger charge is 2.10. The molecule has 0 amide bonds. The lowest BCUT2D eigenvalue weighted by molar-refractivity contribution is 0.578. The molecule has 1 aromatic rings. The van der Waals surface area contributed by atoms with E-state index < -0.39 is 0 Å². The van der Waals surface area contributed by atoms with Gasteiger partial charge < -0.3 is 4.90 Å². The quantitative estimate of drug-likeness (QED) is 0.654. The third-order valence-corrected chi connectivity index (χ3v) is 3.08. The molecular formula is C18H31N. The van der Waals surface area contributed by atoms with E-state index in [-0.39, 0.29) is 0 Å². The predicted molar refractivity (Wildman–Crippen MR) is 89.9 cm³/mol. The smallest absolute Gasteiger partial charge is 0.0366 e. The average molecular weight is 261 g/mol. The standard InChI is InChI=1S/C14H19N.2C2H6/c1-12(2)13-6-8-14(9-7-13)15-10-4-3-5-11-15;2*1-2/h6-9H,1,3-5,10-11H2,2H3;2*1-2H3. The van der Waals surface area contributed by atoms with Crippen LogP contribution in [0.1, 0.15) is 59.4 Å². The first-order valence-corrected chi connectivity index (χ1v) is 7.78. The van der Waals surface area contributed by atoms with Crippen molar-refractivity contribution in [1.29, 1.82) is 0 Å². The highest BCUT2D eigenvalue weighted by molar-refractivity contribution is 5.64. The zero-order valence-corrected chi connectivity index (χ0v) is 13.5. The molecule has 0 N–H and O–H groups in total. The van der Waals surface area contributed by atoms with Crippen molar-refractivity contribution in [2.24, 2.45) is 0 Å². The zero-order valence-electron chi connectivity index (χ0n) is 13.5. The summed E-state index contributed by atoms with van der Waals surface area (Å²) in [6.07, 6.45) is 4.06. The second-order valence-corrected chi connectivity index (χ2v) is 4.37. The van der Waals surface area contributed by atoms with Gasteiger partial charge in [0, 0.05) is 18.8 Å². The van der Waals surface area contributed by atoms with Crippen molar-refractivity contribution in [2.75, 3.05) is 18.0 Å². The summed E-state index contributed by atoms with van der Waals surface area (Å²) in [6.45, 7) is 16.4. The molecule has 0 unspecified atom stereocenters. The van der Waals surface area contributed by atoms with Crippen LogP contribution in [0.5, 0.6) is 0 Å². The Bertz CT molecular complexity index is 331. The molecule has 0 spiro atoms. The van der Waals surface area contributed by atoms with Gasteiger partial charge in [0.2, 0.25) is 0 Å². The van der Waals surface area contributed by atoms with E-state index in [1.807, 2.05) is 27.7 Å². The summed E-state index contributed by atoms with van der Waals surface area (Å²) in [6, 6.07) is 8.78. The Morgan fingerprint density at radius 3 is 1.79 bits per heavy atom. The minimum atomic E-state index is 1.14. The lowest BCUT2D eigenvalue weighted by Gasteiger charge is -2.28. The molecule has 0 saturated carbocycles. The van der Waals surface area contributed by atoms with Gasteiger partial charge in [-0.15, -0.1) is 0 Å². The number of piperidine rings is 1. The molecule has 1 fully saturated rings. The van der Waals surface area contributed by atoms with E-state index in [9.17, 15) is 0 Å². The molecule has 2 rings (SSSR count).